The van der Waals surface area contributed by atoms with E-state index < -0.39 is 0 Å². The Morgan fingerprint density at radius 1 is 0.889 bits per heavy atom. The summed E-state index contributed by atoms with van der Waals surface area (Å²) in [5.41, 5.74) is 0. The molecule has 4 heteroatoms. The predicted molar refractivity (Wildman–Crippen MR) is 78.0 cm³/mol. The summed E-state index contributed by atoms with van der Waals surface area (Å²) in [4.78, 5) is 10.7. The highest BCUT2D eigenvalue weighted by Crippen LogP contribution is 2.10. The Labute approximate surface area is 112 Å². The van der Waals surface area contributed by atoms with Gasteiger partial charge in [0.05, 0.1) is 6.04 Å². The summed E-state index contributed by atoms with van der Waals surface area (Å²) >= 11 is 0. The Balaban J connectivity index is 3.66. The predicted octanol–water partition coefficient (Wildman–Crippen LogP) is 1.31. The van der Waals surface area contributed by atoms with Crippen LogP contribution in [0.3, 0.4) is 0 Å². The molecule has 3 unspecified atom stereocenters. The largest absolute Gasteiger partial charge is 0.317 e. The molecule has 18 heavy (non-hydrogen) atoms. The third kappa shape index (κ3) is 8.61. The molecule has 0 aliphatic heterocycles. The highest BCUT2D eigenvalue weighted by Gasteiger charge is 2.09. The number of aldehydes is 1. The molecular formula is C14H31N3O. The molecule has 0 saturated heterocycles. The van der Waals surface area contributed by atoms with Gasteiger partial charge < -0.3 is 20.7 Å². The third-order valence-corrected chi connectivity index (χ3v) is 3.69. The van der Waals surface area contributed by atoms with Gasteiger partial charge in [-0.05, 0) is 60.2 Å². The van der Waals surface area contributed by atoms with Gasteiger partial charge in [0, 0.05) is 12.1 Å². The number of rotatable bonds is 12. The molecule has 0 fully saturated rings. The van der Waals surface area contributed by atoms with Crippen LogP contribution >= 0.6 is 0 Å². The summed E-state index contributed by atoms with van der Waals surface area (Å²) < 4.78 is 0. The summed E-state index contributed by atoms with van der Waals surface area (Å²) in [6.45, 7) is 2.22. The Hall–Kier alpha value is -0.450. The van der Waals surface area contributed by atoms with Gasteiger partial charge in [0.1, 0.15) is 6.29 Å². The fourth-order valence-corrected chi connectivity index (χ4v) is 2.11. The fraction of sp³-hybridized carbons (Fsp3) is 0.929. The van der Waals surface area contributed by atoms with Crippen LogP contribution in [0.25, 0.3) is 0 Å². The van der Waals surface area contributed by atoms with Crippen LogP contribution in [0.1, 0.15) is 45.4 Å². The van der Waals surface area contributed by atoms with Crippen molar-refractivity contribution in [1.29, 1.82) is 0 Å². The van der Waals surface area contributed by atoms with Crippen LogP contribution in [0.4, 0.5) is 0 Å². The minimum Gasteiger partial charge on any atom is -0.317 e. The second-order valence-electron chi connectivity index (χ2n) is 5.07. The second-order valence-corrected chi connectivity index (χ2v) is 5.07. The zero-order chi connectivity index (χ0) is 13.8. The molecule has 0 aromatic heterocycles. The topological polar surface area (TPSA) is 53.2 Å². The van der Waals surface area contributed by atoms with Crippen molar-refractivity contribution < 1.29 is 4.79 Å². The van der Waals surface area contributed by atoms with Gasteiger partial charge in [-0.2, -0.15) is 0 Å². The van der Waals surface area contributed by atoms with Gasteiger partial charge in [-0.1, -0.05) is 6.42 Å². The molecule has 0 saturated carbocycles. The third-order valence-electron chi connectivity index (χ3n) is 3.69. The Bertz CT molecular complexity index is 199. The van der Waals surface area contributed by atoms with E-state index in [-0.39, 0.29) is 6.04 Å². The SMILES string of the molecule is CNC(C)CCCC(CCCC(C=O)NC)NC. The summed E-state index contributed by atoms with van der Waals surface area (Å²) in [6, 6.07) is 1.20. The van der Waals surface area contributed by atoms with Gasteiger partial charge in [0.15, 0.2) is 0 Å². The number of hydrogen-bond acceptors (Lipinski definition) is 4. The molecule has 0 spiro atoms. The van der Waals surface area contributed by atoms with E-state index in [9.17, 15) is 4.79 Å². The Kier molecular flexibility index (Phi) is 11.3. The maximum atomic E-state index is 10.7. The van der Waals surface area contributed by atoms with Crippen molar-refractivity contribution in [2.75, 3.05) is 21.1 Å². The van der Waals surface area contributed by atoms with Crippen LogP contribution in [0.2, 0.25) is 0 Å². The molecule has 0 radical (unpaired) electrons. The van der Waals surface area contributed by atoms with Crippen molar-refractivity contribution in [3.05, 3.63) is 0 Å². The number of nitrogens with one attached hydrogen (secondary N) is 3. The fourth-order valence-electron chi connectivity index (χ4n) is 2.11. The van der Waals surface area contributed by atoms with E-state index in [1.165, 1.54) is 19.3 Å². The first-order chi connectivity index (χ1) is 8.67. The van der Waals surface area contributed by atoms with Crippen molar-refractivity contribution in [2.45, 2.75) is 63.6 Å². The molecule has 0 amide bonds. The van der Waals surface area contributed by atoms with Crippen molar-refractivity contribution in [3.63, 3.8) is 0 Å². The lowest BCUT2D eigenvalue weighted by molar-refractivity contribution is -0.109. The van der Waals surface area contributed by atoms with Gasteiger partial charge >= 0.3 is 0 Å². The molecule has 0 bridgehead atoms. The van der Waals surface area contributed by atoms with Gasteiger partial charge in [-0.15, -0.1) is 0 Å². The van der Waals surface area contributed by atoms with E-state index in [4.69, 9.17) is 0 Å². The van der Waals surface area contributed by atoms with E-state index in [1.54, 1.807) is 0 Å². The number of hydrogen-bond donors (Lipinski definition) is 3. The van der Waals surface area contributed by atoms with Crippen molar-refractivity contribution in [1.82, 2.24) is 16.0 Å². The van der Waals surface area contributed by atoms with Crippen LogP contribution in [-0.4, -0.2) is 45.6 Å². The average molecular weight is 257 g/mol. The highest BCUT2D eigenvalue weighted by atomic mass is 16.1. The standard InChI is InChI=1S/C14H31N3O/c1-12(15-2)7-5-8-13(16-3)9-6-10-14(11-18)17-4/h11-17H,5-10H2,1-4H3. The van der Waals surface area contributed by atoms with Crippen molar-refractivity contribution in [3.8, 4) is 0 Å². The summed E-state index contributed by atoms with van der Waals surface area (Å²) in [6.07, 6.45) is 7.87. The minimum absolute atomic E-state index is 0.0202. The molecule has 0 aromatic rings. The molecule has 0 rings (SSSR count). The zero-order valence-electron chi connectivity index (χ0n) is 12.5. The van der Waals surface area contributed by atoms with Crippen LogP contribution in [0.15, 0.2) is 0 Å². The number of carbonyl (C=O) groups excluding carboxylic acids is 1. The highest BCUT2D eigenvalue weighted by molar-refractivity contribution is 5.57. The van der Waals surface area contributed by atoms with Crippen LogP contribution in [0, 0.1) is 0 Å². The van der Waals surface area contributed by atoms with E-state index in [2.05, 4.69) is 22.9 Å². The smallest absolute Gasteiger partial charge is 0.136 e. The Morgan fingerprint density at radius 2 is 1.50 bits per heavy atom. The monoisotopic (exact) mass is 257 g/mol. The number of likely N-dealkylation sites (N-methyl/N-ethyl adjacent to an activating group) is 1. The molecule has 0 aliphatic carbocycles. The molecule has 4 nitrogen and oxygen atoms in total. The first-order valence-electron chi connectivity index (χ1n) is 7.15. The number of carbonyl (C=O) groups is 1. The molecule has 3 atom stereocenters. The Morgan fingerprint density at radius 3 is 1.94 bits per heavy atom. The lowest BCUT2D eigenvalue weighted by Gasteiger charge is -2.18. The van der Waals surface area contributed by atoms with E-state index in [0.717, 1.165) is 25.5 Å². The lowest BCUT2D eigenvalue weighted by atomic mass is 10.0. The van der Waals surface area contributed by atoms with E-state index in [0.29, 0.717) is 12.1 Å². The summed E-state index contributed by atoms with van der Waals surface area (Å²) in [5, 5.41) is 9.65. The van der Waals surface area contributed by atoms with Crippen molar-refractivity contribution >= 4 is 6.29 Å². The minimum atomic E-state index is 0.0202. The van der Waals surface area contributed by atoms with Crippen LogP contribution in [0.5, 0.6) is 0 Å². The molecule has 0 aromatic carbocycles. The maximum Gasteiger partial charge on any atom is 0.136 e. The zero-order valence-corrected chi connectivity index (χ0v) is 12.5. The summed E-state index contributed by atoms with van der Waals surface area (Å²) in [7, 11) is 5.88. The van der Waals surface area contributed by atoms with Gasteiger partial charge in [-0.25, -0.2) is 0 Å². The van der Waals surface area contributed by atoms with Gasteiger partial charge in [0.2, 0.25) is 0 Å². The average Bonchev–Trinajstić information content (AvgIpc) is 2.41. The first kappa shape index (κ1) is 17.6. The van der Waals surface area contributed by atoms with Crippen LogP contribution in [-0.2, 0) is 4.79 Å². The van der Waals surface area contributed by atoms with Gasteiger partial charge in [0.25, 0.3) is 0 Å². The van der Waals surface area contributed by atoms with Gasteiger partial charge in [-0.3, -0.25) is 0 Å². The van der Waals surface area contributed by atoms with Crippen molar-refractivity contribution in [2.24, 2.45) is 0 Å². The molecule has 3 N–H and O–H groups in total. The first-order valence-corrected chi connectivity index (χ1v) is 7.15. The quantitative estimate of drug-likeness (QED) is 0.461. The molecule has 0 heterocycles. The summed E-state index contributed by atoms with van der Waals surface area (Å²) in [5.74, 6) is 0. The van der Waals surface area contributed by atoms with E-state index >= 15 is 0 Å². The van der Waals surface area contributed by atoms with E-state index in [1.807, 2.05) is 21.1 Å². The lowest BCUT2D eigenvalue weighted by Crippen LogP contribution is -2.29. The second kappa shape index (κ2) is 11.6. The maximum absolute atomic E-state index is 10.7. The molecule has 108 valence electrons. The molecular weight excluding hydrogens is 226 g/mol. The molecule has 0 aliphatic rings. The normalized spacial score (nSPS) is 16.2. The van der Waals surface area contributed by atoms with Crippen LogP contribution < -0.4 is 16.0 Å².